The molecular formula is C21H22F2N4O. The Morgan fingerprint density at radius 1 is 1.18 bits per heavy atom. The van der Waals surface area contributed by atoms with Gasteiger partial charge in [0.1, 0.15) is 17.3 Å². The molecule has 0 aliphatic rings. The SMILES string of the molecule is Cc1c(C(=O)NCC(c2cccc(F)c2)N(C)C)cnn1-c1ccccc1F. The van der Waals surface area contributed by atoms with Crippen LogP contribution in [0.2, 0.25) is 0 Å². The van der Waals surface area contributed by atoms with E-state index >= 15 is 0 Å². The molecule has 0 aliphatic carbocycles. The summed E-state index contributed by atoms with van der Waals surface area (Å²) in [5.41, 5.74) is 1.95. The van der Waals surface area contributed by atoms with E-state index in [0.29, 0.717) is 17.8 Å². The second kappa shape index (κ2) is 8.31. The van der Waals surface area contributed by atoms with Crippen molar-refractivity contribution in [3.63, 3.8) is 0 Å². The van der Waals surface area contributed by atoms with Gasteiger partial charge in [-0.15, -0.1) is 0 Å². The van der Waals surface area contributed by atoms with Crippen LogP contribution in [0.15, 0.2) is 54.7 Å². The molecule has 1 aromatic heterocycles. The van der Waals surface area contributed by atoms with Gasteiger partial charge in [0.05, 0.1) is 23.5 Å². The number of carbonyl (C=O) groups excluding carboxylic acids is 1. The maximum atomic E-state index is 14.0. The lowest BCUT2D eigenvalue weighted by molar-refractivity contribution is 0.0941. The molecule has 0 saturated carbocycles. The summed E-state index contributed by atoms with van der Waals surface area (Å²) >= 11 is 0. The first-order chi connectivity index (χ1) is 13.4. The van der Waals surface area contributed by atoms with Crippen molar-refractivity contribution in [3.8, 4) is 5.69 Å². The fourth-order valence-corrected chi connectivity index (χ4v) is 3.10. The van der Waals surface area contributed by atoms with E-state index < -0.39 is 5.82 Å². The second-order valence-corrected chi connectivity index (χ2v) is 6.75. The van der Waals surface area contributed by atoms with Crippen LogP contribution in [0, 0.1) is 18.6 Å². The van der Waals surface area contributed by atoms with Gasteiger partial charge in [0.2, 0.25) is 0 Å². The number of hydrogen-bond donors (Lipinski definition) is 1. The van der Waals surface area contributed by atoms with E-state index in [1.807, 2.05) is 25.1 Å². The summed E-state index contributed by atoms with van der Waals surface area (Å²) in [4.78, 5) is 14.6. The van der Waals surface area contributed by atoms with Crippen LogP contribution < -0.4 is 5.32 Å². The van der Waals surface area contributed by atoms with E-state index in [2.05, 4.69) is 10.4 Å². The Labute approximate surface area is 162 Å². The Kier molecular flexibility index (Phi) is 5.84. The van der Waals surface area contributed by atoms with Crippen molar-refractivity contribution in [2.45, 2.75) is 13.0 Å². The minimum atomic E-state index is -0.417. The van der Waals surface area contributed by atoms with Crippen molar-refractivity contribution < 1.29 is 13.6 Å². The summed E-state index contributed by atoms with van der Waals surface area (Å²) in [5, 5.41) is 7.02. The largest absolute Gasteiger partial charge is 0.350 e. The maximum Gasteiger partial charge on any atom is 0.254 e. The molecule has 146 valence electrons. The Morgan fingerprint density at radius 2 is 1.93 bits per heavy atom. The Hall–Kier alpha value is -3.06. The molecule has 0 saturated heterocycles. The molecule has 0 fully saturated rings. The molecule has 1 heterocycles. The van der Waals surface area contributed by atoms with E-state index in [1.54, 1.807) is 31.2 Å². The van der Waals surface area contributed by atoms with Gasteiger partial charge in [0, 0.05) is 6.54 Å². The fourth-order valence-electron chi connectivity index (χ4n) is 3.10. The third-order valence-electron chi connectivity index (χ3n) is 4.65. The predicted molar refractivity (Wildman–Crippen MR) is 103 cm³/mol. The highest BCUT2D eigenvalue weighted by Gasteiger charge is 2.20. The lowest BCUT2D eigenvalue weighted by Gasteiger charge is -2.25. The molecule has 1 amide bonds. The minimum Gasteiger partial charge on any atom is -0.350 e. The molecule has 0 radical (unpaired) electrons. The highest BCUT2D eigenvalue weighted by Crippen LogP contribution is 2.20. The monoisotopic (exact) mass is 384 g/mol. The predicted octanol–water partition coefficient (Wildman–Crippen LogP) is 3.49. The molecule has 1 unspecified atom stereocenters. The zero-order chi connectivity index (χ0) is 20.3. The topological polar surface area (TPSA) is 50.2 Å². The van der Waals surface area contributed by atoms with Crippen molar-refractivity contribution in [2.24, 2.45) is 0 Å². The molecule has 3 aromatic rings. The Morgan fingerprint density at radius 3 is 2.61 bits per heavy atom. The van der Waals surface area contributed by atoms with E-state index in [1.165, 1.54) is 29.1 Å². The molecule has 0 spiro atoms. The number of benzene rings is 2. The van der Waals surface area contributed by atoms with Gasteiger partial charge in [-0.2, -0.15) is 5.10 Å². The van der Waals surface area contributed by atoms with Crippen LogP contribution in [-0.4, -0.2) is 41.2 Å². The average Bonchev–Trinajstić information content (AvgIpc) is 3.03. The van der Waals surface area contributed by atoms with Crippen molar-refractivity contribution in [2.75, 3.05) is 20.6 Å². The van der Waals surface area contributed by atoms with Crippen LogP contribution in [0.5, 0.6) is 0 Å². The maximum absolute atomic E-state index is 14.0. The zero-order valence-electron chi connectivity index (χ0n) is 16.0. The first kappa shape index (κ1) is 19.7. The quantitative estimate of drug-likeness (QED) is 0.708. The first-order valence-corrected chi connectivity index (χ1v) is 8.88. The number of nitrogens with zero attached hydrogens (tertiary/aromatic N) is 3. The van der Waals surface area contributed by atoms with Crippen LogP contribution in [0.3, 0.4) is 0 Å². The molecule has 28 heavy (non-hydrogen) atoms. The van der Waals surface area contributed by atoms with Crippen LogP contribution >= 0.6 is 0 Å². The molecule has 5 nitrogen and oxygen atoms in total. The van der Waals surface area contributed by atoms with Crippen LogP contribution in [-0.2, 0) is 0 Å². The first-order valence-electron chi connectivity index (χ1n) is 8.88. The van der Waals surface area contributed by atoms with Crippen molar-refractivity contribution in [3.05, 3.63) is 83.2 Å². The van der Waals surface area contributed by atoms with E-state index in [9.17, 15) is 13.6 Å². The number of likely N-dealkylation sites (N-methyl/N-ethyl adjacent to an activating group) is 1. The number of hydrogen-bond acceptors (Lipinski definition) is 3. The zero-order valence-corrected chi connectivity index (χ0v) is 16.0. The van der Waals surface area contributed by atoms with E-state index in [4.69, 9.17) is 0 Å². The van der Waals surface area contributed by atoms with Gasteiger partial charge in [0.25, 0.3) is 5.91 Å². The number of nitrogens with one attached hydrogen (secondary N) is 1. The lowest BCUT2D eigenvalue weighted by atomic mass is 10.1. The smallest absolute Gasteiger partial charge is 0.254 e. The average molecular weight is 384 g/mol. The number of halogens is 2. The number of aromatic nitrogens is 2. The minimum absolute atomic E-state index is 0.193. The molecule has 0 bridgehead atoms. The molecule has 1 N–H and O–H groups in total. The highest BCUT2D eigenvalue weighted by molar-refractivity contribution is 5.95. The molecular weight excluding hydrogens is 362 g/mol. The summed E-state index contributed by atoms with van der Waals surface area (Å²) < 4.78 is 29.0. The van der Waals surface area contributed by atoms with Crippen LogP contribution in [0.1, 0.15) is 27.7 Å². The molecule has 0 aliphatic heterocycles. The summed E-state index contributed by atoms with van der Waals surface area (Å²) in [7, 11) is 3.73. The van der Waals surface area contributed by atoms with Gasteiger partial charge in [-0.3, -0.25) is 4.79 Å². The molecule has 2 aromatic carbocycles. The van der Waals surface area contributed by atoms with Crippen molar-refractivity contribution in [1.29, 1.82) is 0 Å². The van der Waals surface area contributed by atoms with E-state index in [-0.39, 0.29) is 23.5 Å². The number of amides is 1. The van der Waals surface area contributed by atoms with Gasteiger partial charge in [-0.25, -0.2) is 13.5 Å². The second-order valence-electron chi connectivity index (χ2n) is 6.75. The Bertz CT molecular complexity index is 984. The fraction of sp³-hybridized carbons (Fsp3) is 0.238. The molecule has 1 atom stereocenters. The third-order valence-corrected chi connectivity index (χ3v) is 4.65. The van der Waals surface area contributed by atoms with Gasteiger partial charge in [-0.1, -0.05) is 24.3 Å². The number of rotatable bonds is 6. The van der Waals surface area contributed by atoms with Gasteiger partial charge in [-0.05, 0) is 50.8 Å². The normalized spacial score (nSPS) is 12.2. The number of para-hydroxylation sites is 1. The third kappa shape index (κ3) is 4.09. The summed E-state index contributed by atoms with van der Waals surface area (Å²) in [6.45, 7) is 2.00. The van der Waals surface area contributed by atoms with Gasteiger partial charge in [0.15, 0.2) is 0 Å². The highest BCUT2D eigenvalue weighted by atomic mass is 19.1. The van der Waals surface area contributed by atoms with Gasteiger partial charge >= 0.3 is 0 Å². The lowest BCUT2D eigenvalue weighted by Crippen LogP contribution is -2.34. The molecule has 3 rings (SSSR count). The Balaban J connectivity index is 1.77. The summed E-state index contributed by atoms with van der Waals surface area (Å²) in [6, 6.07) is 12.4. The van der Waals surface area contributed by atoms with Gasteiger partial charge < -0.3 is 10.2 Å². The summed E-state index contributed by atoms with van der Waals surface area (Å²) in [6.07, 6.45) is 1.42. The van der Waals surface area contributed by atoms with Crippen molar-refractivity contribution in [1.82, 2.24) is 20.0 Å². The summed E-state index contributed by atoms with van der Waals surface area (Å²) in [5.74, 6) is -1.06. The number of carbonyl (C=O) groups is 1. The standard InChI is InChI=1S/C21H22F2N4O/c1-14-17(12-25-27(14)19-10-5-4-9-18(19)23)21(28)24-13-20(26(2)3)15-7-6-8-16(22)11-15/h4-12,20H,13H2,1-3H3,(H,24,28). The molecule has 7 heteroatoms. The van der Waals surface area contributed by atoms with Crippen LogP contribution in [0.25, 0.3) is 5.69 Å². The van der Waals surface area contributed by atoms with E-state index in [0.717, 1.165) is 5.56 Å². The van der Waals surface area contributed by atoms with Crippen LogP contribution in [0.4, 0.5) is 8.78 Å². The van der Waals surface area contributed by atoms with Crippen molar-refractivity contribution >= 4 is 5.91 Å².